The zero-order valence-electron chi connectivity index (χ0n) is 36.0. The summed E-state index contributed by atoms with van der Waals surface area (Å²) in [6.07, 6.45) is 3.55. The fraction of sp³-hybridized carbons (Fsp3) is 0.0909. The van der Waals surface area contributed by atoms with Crippen LogP contribution in [0.1, 0.15) is 65.3 Å². The number of aromatic nitrogens is 2. The molecule has 4 aromatic heterocycles. The minimum Gasteiger partial charge on any atom is -0.497 e. The van der Waals surface area contributed by atoms with Gasteiger partial charge in [0.15, 0.2) is 11.6 Å². The van der Waals surface area contributed by atoms with E-state index in [1.165, 1.54) is 0 Å². The summed E-state index contributed by atoms with van der Waals surface area (Å²) < 4.78 is 25.3. The molecule has 0 radical (unpaired) electrons. The summed E-state index contributed by atoms with van der Waals surface area (Å²) in [6.45, 7) is 1.87. The number of esters is 1. The molecule has 0 aliphatic carbocycles. The highest BCUT2D eigenvalue weighted by Gasteiger charge is 2.32. The monoisotopic (exact) mass is 858 g/mol. The second-order valence-electron chi connectivity index (χ2n) is 15.2. The Morgan fingerprint density at radius 3 is 1.18 bits per heavy atom. The predicted octanol–water partition coefficient (Wildman–Crippen LogP) is 11.1. The van der Waals surface area contributed by atoms with Crippen LogP contribution in [0, 0.1) is 0 Å². The Labute approximate surface area is 374 Å². The van der Waals surface area contributed by atoms with Crippen molar-refractivity contribution in [1.82, 2.24) is 8.80 Å². The quantitative estimate of drug-likeness (QED) is 0.0784. The Bertz CT molecular complexity index is 3260. The van der Waals surface area contributed by atoms with Crippen LogP contribution in [0.2, 0.25) is 0 Å². The van der Waals surface area contributed by atoms with Gasteiger partial charge in [0.1, 0.15) is 28.6 Å². The smallest absolute Gasteiger partial charge is 0.355 e. The van der Waals surface area contributed by atoms with E-state index < -0.39 is 5.97 Å². The van der Waals surface area contributed by atoms with E-state index in [9.17, 15) is 14.4 Å². The zero-order chi connectivity index (χ0) is 45.2. The number of ether oxygens (including phenoxy) is 4. The van der Waals surface area contributed by atoms with Crippen molar-refractivity contribution >= 4 is 34.4 Å². The highest BCUT2D eigenvalue weighted by Crippen LogP contribution is 2.41. The van der Waals surface area contributed by atoms with E-state index in [2.05, 4.69) is 0 Å². The van der Waals surface area contributed by atoms with E-state index in [4.69, 9.17) is 18.9 Å². The third-order valence-electron chi connectivity index (χ3n) is 11.5. The SMILES string of the molecule is CCOC(=O)c1c(-c2ccccc2)c(C(=O)c2ccc(OC)cc2)c2cc(-c3ccn4c(C(=O)c5ccc(OC)cc5)c(-c5ccccc5)c(C(=O)c5ccc(OC)cc5)c4c3)ccn12. The van der Waals surface area contributed by atoms with Gasteiger partial charge < -0.3 is 27.7 Å². The molecule has 0 bridgehead atoms. The lowest BCUT2D eigenvalue weighted by Gasteiger charge is -2.09. The molecule has 0 saturated carbocycles. The summed E-state index contributed by atoms with van der Waals surface area (Å²) in [5, 5.41) is 0. The van der Waals surface area contributed by atoms with Crippen LogP contribution in [0.25, 0.3) is 44.4 Å². The molecule has 10 heteroatoms. The second kappa shape index (κ2) is 17.7. The Morgan fingerprint density at radius 1 is 0.431 bits per heavy atom. The molecule has 320 valence electrons. The largest absolute Gasteiger partial charge is 0.497 e. The van der Waals surface area contributed by atoms with E-state index in [0.717, 1.165) is 0 Å². The zero-order valence-corrected chi connectivity index (χ0v) is 36.0. The van der Waals surface area contributed by atoms with E-state index in [0.29, 0.717) is 95.2 Å². The molecule has 0 aliphatic heterocycles. The maximum absolute atomic E-state index is 15.0. The molecular formula is C55H42N2O8. The van der Waals surface area contributed by atoms with E-state index in [1.54, 1.807) is 122 Å². The fourth-order valence-electron chi connectivity index (χ4n) is 8.38. The molecule has 0 atom stereocenters. The third-order valence-corrected chi connectivity index (χ3v) is 11.5. The fourth-order valence-corrected chi connectivity index (χ4v) is 8.38. The standard InChI is InChI=1S/C55H42N2O8/c1-5-65-55(61)51-47(35-14-10-7-11-15-35)49(53(59)37-18-24-42(63-3)25-19-37)45-33-40(29-31-57(45)51)39-28-30-56-44(32-39)48(52(58)36-16-22-41(62-2)23-17-36)46(34-12-8-6-9-13-34)50(56)54(60)38-20-26-43(64-4)27-21-38/h6-33H,5H2,1-4H3. The summed E-state index contributed by atoms with van der Waals surface area (Å²) in [7, 11) is 4.69. The van der Waals surface area contributed by atoms with Crippen LogP contribution in [-0.2, 0) is 4.74 Å². The first-order valence-electron chi connectivity index (χ1n) is 20.9. The molecule has 0 saturated heterocycles. The van der Waals surface area contributed by atoms with Crippen molar-refractivity contribution in [2.24, 2.45) is 0 Å². The number of nitrogens with zero attached hydrogens (tertiary/aromatic N) is 2. The first-order valence-corrected chi connectivity index (χ1v) is 20.9. The van der Waals surface area contributed by atoms with Crippen LogP contribution < -0.4 is 14.2 Å². The number of rotatable bonds is 14. The van der Waals surface area contributed by atoms with Crippen molar-refractivity contribution in [3.8, 4) is 50.6 Å². The van der Waals surface area contributed by atoms with Gasteiger partial charge in [-0.2, -0.15) is 0 Å². The summed E-state index contributed by atoms with van der Waals surface area (Å²) >= 11 is 0. The predicted molar refractivity (Wildman–Crippen MR) is 250 cm³/mol. The van der Waals surface area contributed by atoms with Crippen molar-refractivity contribution < 1.29 is 38.1 Å². The van der Waals surface area contributed by atoms with E-state index in [-0.39, 0.29) is 29.7 Å². The van der Waals surface area contributed by atoms with Gasteiger partial charge in [-0.25, -0.2) is 4.79 Å². The maximum atomic E-state index is 15.0. The molecule has 0 fully saturated rings. The highest BCUT2D eigenvalue weighted by molar-refractivity contribution is 6.24. The van der Waals surface area contributed by atoms with Gasteiger partial charge in [0.2, 0.25) is 5.78 Å². The van der Waals surface area contributed by atoms with Gasteiger partial charge in [0.25, 0.3) is 0 Å². The molecule has 5 aromatic carbocycles. The van der Waals surface area contributed by atoms with Crippen LogP contribution in [0.4, 0.5) is 0 Å². The molecule has 0 amide bonds. The Morgan fingerprint density at radius 2 is 0.800 bits per heavy atom. The van der Waals surface area contributed by atoms with Gasteiger partial charge in [-0.05, 0) is 126 Å². The Hall–Kier alpha value is -8.50. The summed E-state index contributed by atoms with van der Waals surface area (Å²) in [6, 6.07) is 46.8. The number of hydrogen-bond acceptors (Lipinski definition) is 8. The molecule has 0 aliphatic rings. The number of ketones is 3. The molecule has 65 heavy (non-hydrogen) atoms. The van der Waals surface area contributed by atoms with Crippen LogP contribution in [0.15, 0.2) is 170 Å². The number of pyridine rings is 2. The number of carbonyl (C=O) groups excluding carboxylic acids is 4. The number of hydrogen-bond donors (Lipinski definition) is 0. The van der Waals surface area contributed by atoms with Crippen molar-refractivity contribution in [2.45, 2.75) is 6.92 Å². The summed E-state index contributed by atoms with van der Waals surface area (Å²) in [5.41, 5.74) is 6.95. The molecule has 0 N–H and O–H groups in total. The van der Waals surface area contributed by atoms with Gasteiger partial charge >= 0.3 is 5.97 Å². The Balaban J connectivity index is 1.32. The van der Waals surface area contributed by atoms with Crippen LogP contribution in [0.3, 0.4) is 0 Å². The van der Waals surface area contributed by atoms with Crippen LogP contribution in [-0.4, -0.2) is 60.1 Å². The van der Waals surface area contributed by atoms with E-state index in [1.807, 2.05) is 84.9 Å². The average molecular weight is 859 g/mol. The van der Waals surface area contributed by atoms with Gasteiger partial charge in [-0.3, -0.25) is 14.4 Å². The molecule has 9 rings (SSSR count). The molecule has 9 aromatic rings. The van der Waals surface area contributed by atoms with Crippen molar-refractivity contribution in [3.63, 3.8) is 0 Å². The molecule has 0 spiro atoms. The van der Waals surface area contributed by atoms with Gasteiger partial charge in [-0.1, -0.05) is 60.7 Å². The van der Waals surface area contributed by atoms with Gasteiger partial charge in [-0.15, -0.1) is 0 Å². The Kier molecular flexibility index (Phi) is 11.4. The molecule has 10 nitrogen and oxygen atoms in total. The minimum absolute atomic E-state index is 0.128. The topological polar surface area (TPSA) is 114 Å². The first kappa shape index (κ1) is 41.8. The summed E-state index contributed by atoms with van der Waals surface area (Å²) in [4.78, 5) is 58.7. The van der Waals surface area contributed by atoms with Crippen molar-refractivity contribution in [2.75, 3.05) is 27.9 Å². The van der Waals surface area contributed by atoms with Crippen LogP contribution >= 0.6 is 0 Å². The number of fused-ring (bicyclic) bond motifs is 2. The summed E-state index contributed by atoms with van der Waals surface area (Å²) in [5.74, 6) is 0.313. The normalized spacial score (nSPS) is 11.1. The average Bonchev–Trinajstić information content (AvgIpc) is 3.89. The molecule has 4 heterocycles. The number of benzene rings is 5. The molecular weight excluding hydrogens is 817 g/mol. The lowest BCUT2D eigenvalue weighted by atomic mass is 9.92. The van der Waals surface area contributed by atoms with Crippen LogP contribution in [0.5, 0.6) is 17.2 Å². The van der Waals surface area contributed by atoms with Crippen molar-refractivity contribution in [3.05, 3.63) is 209 Å². The second-order valence-corrected chi connectivity index (χ2v) is 15.2. The third kappa shape index (κ3) is 7.61. The highest BCUT2D eigenvalue weighted by atomic mass is 16.5. The molecule has 0 unspecified atom stereocenters. The number of carbonyl (C=O) groups is 4. The lowest BCUT2D eigenvalue weighted by Crippen LogP contribution is -2.10. The first-order chi connectivity index (χ1) is 31.7. The van der Waals surface area contributed by atoms with Crippen molar-refractivity contribution in [1.29, 1.82) is 0 Å². The minimum atomic E-state index is -0.582. The number of methoxy groups -OCH3 is 3. The van der Waals surface area contributed by atoms with Gasteiger partial charge in [0, 0.05) is 40.2 Å². The lowest BCUT2D eigenvalue weighted by molar-refractivity contribution is 0.0519. The van der Waals surface area contributed by atoms with E-state index >= 15 is 4.79 Å². The maximum Gasteiger partial charge on any atom is 0.355 e. The van der Waals surface area contributed by atoms with Gasteiger partial charge in [0.05, 0.1) is 50.1 Å².